The molecule has 14 heteroatoms. The van der Waals surface area contributed by atoms with Crippen molar-refractivity contribution in [1.82, 2.24) is 31.5 Å². The number of aromatic hydroxyl groups is 1. The highest BCUT2D eigenvalue weighted by Gasteiger charge is 2.38. The normalized spacial score (nSPS) is 24.9. The van der Waals surface area contributed by atoms with Crippen LogP contribution in [0.15, 0.2) is 60.7 Å². The highest BCUT2D eigenvalue weighted by atomic mass is 16.3. The molecule has 14 nitrogen and oxygen atoms in total. The average molecular weight is 718 g/mol. The Morgan fingerprint density at radius 2 is 1.71 bits per heavy atom. The fourth-order valence-corrected chi connectivity index (χ4v) is 6.54. The Hall–Kier alpha value is -5.24. The predicted molar refractivity (Wildman–Crippen MR) is 194 cm³/mol. The van der Waals surface area contributed by atoms with Crippen LogP contribution in [0.2, 0.25) is 0 Å². The lowest BCUT2D eigenvalue weighted by Crippen LogP contribution is -2.57. The molecule has 0 aliphatic carbocycles. The number of nitrogens with two attached hydrogens (primary N) is 1. The van der Waals surface area contributed by atoms with Crippen LogP contribution < -0.4 is 32.3 Å². The molecule has 0 saturated carbocycles. The van der Waals surface area contributed by atoms with Crippen LogP contribution in [0.1, 0.15) is 63.1 Å². The molecule has 1 fully saturated rings. The van der Waals surface area contributed by atoms with Crippen molar-refractivity contribution in [2.24, 2.45) is 11.7 Å². The molecule has 52 heavy (non-hydrogen) atoms. The van der Waals surface area contributed by atoms with Crippen LogP contribution in [0.5, 0.6) is 5.75 Å². The van der Waals surface area contributed by atoms with Gasteiger partial charge in [-0.25, -0.2) is 0 Å². The van der Waals surface area contributed by atoms with Gasteiger partial charge in [-0.2, -0.15) is 0 Å². The highest BCUT2D eigenvalue weighted by Crippen LogP contribution is 2.20. The fourth-order valence-electron chi connectivity index (χ4n) is 6.54. The lowest BCUT2D eigenvalue weighted by atomic mass is 9.96. The Morgan fingerprint density at radius 3 is 2.40 bits per heavy atom. The molecule has 6 atom stereocenters. The number of amides is 6. The lowest BCUT2D eigenvalue weighted by Gasteiger charge is -2.30. The van der Waals surface area contributed by atoms with Crippen molar-refractivity contribution in [1.29, 1.82) is 0 Å². The van der Waals surface area contributed by atoms with E-state index in [-0.39, 0.29) is 44.0 Å². The van der Waals surface area contributed by atoms with Crippen molar-refractivity contribution in [2.75, 3.05) is 13.1 Å². The SMILES string of the molecule is CC[C@H](C)[C@H]1NC(=O)C[C@H](Cc2cccc(CN)c2)NC(=O)[C@@H]2CCCN2C(=O)[C@@H](NC(C)=O)CNC(=O)/C=C/[C@H](Cc2ccc(O)cc2)NC1=O. The summed E-state index contributed by atoms with van der Waals surface area (Å²) in [6, 6.07) is 9.64. The van der Waals surface area contributed by atoms with E-state index in [2.05, 4.69) is 26.6 Å². The number of nitrogens with zero attached hydrogens (tertiary/aromatic N) is 1. The van der Waals surface area contributed by atoms with Crippen molar-refractivity contribution in [3.8, 4) is 5.75 Å². The first-order valence-corrected chi connectivity index (χ1v) is 17.9. The molecule has 280 valence electrons. The maximum absolute atomic E-state index is 13.9. The van der Waals surface area contributed by atoms with Crippen LogP contribution >= 0.6 is 0 Å². The first-order chi connectivity index (χ1) is 24.9. The molecule has 2 heterocycles. The zero-order valence-electron chi connectivity index (χ0n) is 30.0. The number of hydrogen-bond donors (Lipinski definition) is 7. The van der Waals surface area contributed by atoms with E-state index in [9.17, 15) is 33.9 Å². The number of rotatable bonds is 8. The van der Waals surface area contributed by atoms with Gasteiger partial charge in [-0.05, 0) is 60.4 Å². The van der Waals surface area contributed by atoms with Crippen LogP contribution in [0.4, 0.5) is 0 Å². The summed E-state index contributed by atoms with van der Waals surface area (Å²) in [5.41, 5.74) is 8.37. The summed E-state index contributed by atoms with van der Waals surface area (Å²) in [6.45, 7) is 5.37. The van der Waals surface area contributed by atoms with Gasteiger partial charge in [0, 0.05) is 45.1 Å². The fraction of sp³-hybridized carbons (Fsp3) is 0.474. The number of fused-ring (bicyclic) bond motifs is 1. The smallest absolute Gasteiger partial charge is 0.247 e. The number of nitrogens with one attached hydrogen (secondary N) is 5. The van der Waals surface area contributed by atoms with Crippen LogP contribution in [0.25, 0.3) is 0 Å². The van der Waals surface area contributed by atoms with Gasteiger partial charge in [0.15, 0.2) is 0 Å². The molecule has 4 rings (SSSR count). The minimum Gasteiger partial charge on any atom is -0.508 e. The third-order valence-electron chi connectivity index (χ3n) is 9.49. The van der Waals surface area contributed by atoms with E-state index < -0.39 is 65.7 Å². The van der Waals surface area contributed by atoms with E-state index in [0.717, 1.165) is 16.7 Å². The summed E-state index contributed by atoms with van der Waals surface area (Å²) >= 11 is 0. The molecule has 2 aromatic rings. The Morgan fingerprint density at radius 1 is 0.981 bits per heavy atom. The van der Waals surface area contributed by atoms with Crippen molar-refractivity contribution in [2.45, 2.75) is 96.1 Å². The number of carbonyl (C=O) groups excluding carboxylic acids is 6. The summed E-state index contributed by atoms with van der Waals surface area (Å²) in [5.74, 6) is -3.12. The largest absolute Gasteiger partial charge is 0.508 e. The monoisotopic (exact) mass is 717 g/mol. The molecule has 0 aromatic heterocycles. The molecule has 2 aliphatic heterocycles. The van der Waals surface area contributed by atoms with Crippen LogP contribution in [-0.4, -0.2) is 88.7 Å². The Kier molecular flexibility index (Phi) is 14.3. The highest BCUT2D eigenvalue weighted by molar-refractivity contribution is 5.94. The summed E-state index contributed by atoms with van der Waals surface area (Å²) in [6.07, 6.45) is 4.65. The second-order valence-electron chi connectivity index (χ2n) is 13.6. The van der Waals surface area contributed by atoms with Crippen molar-refractivity contribution >= 4 is 35.4 Å². The second-order valence-corrected chi connectivity index (χ2v) is 13.6. The summed E-state index contributed by atoms with van der Waals surface area (Å²) in [4.78, 5) is 81.9. The van der Waals surface area contributed by atoms with Crippen LogP contribution in [0, 0.1) is 5.92 Å². The van der Waals surface area contributed by atoms with Gasteiger partial charge in [0.25, 0.3) is 0 Å². The topological polar surface area (TPSA) is 212 Å². The average Bonchev–Trinajstić information content (AvgIpc) is 3.61. The zero-order chi connectivity index (χ0) is 37.8. The lowest BCUT2D eigenvalue weighted by molar-refractivity contribution is -0.141. The van der Waals surface area contributed by atoms with E-state index in [1.54, 1.807) is 12.1 Å². The molecule has 2 aliphatic rings. The summed E-state index contributed by atoms with van der Waals surface area (Å²) in [5, 5.41) is 23.9. The molecule has 8 N–H and O–H groups in total. The van der Waals surface area contributed by atoms with Gasteiger partial charge in [0.1, 0.15) is 23.9 Å². The molecule has 0 unspecified atom stereocenters. The Labute approximate surface area is 304 Å². The Balaban J connectivity index is 1.70. The molecule has 6 amide bonds. The number of carbonyl (C=O) groups is 6. The number of phenols is 1. The third-order valence-corrected chi connectivity index (χ3v) is 9.49. The first kappa shape index (κ1) is 39.5. The van der Waals surface area contributed by atoms with E-state index in [1.807, 2.05) is 38.1 Å². The quantitative estimate of drug-likeness (QED) is 0.206. The van der Waals surface area contributed by atoms with Gasteiger partial charge in [0.05, 0.1) is 6.04 Å². The minimum absolute atomic E-state index is 0.0767. The molecule has 1 saturated heterocycles. The van der Waals surface area contributed by atoms with Gasteiger partial charge < -0.3 is 42.3 Å². The maximum Gasteiger partial charge on any atom is 0.247 e. The Bertz CT molecular complexity index is 1630. The van der Waals surface area contributed by atoms with Crippen molar-refractivity contribution < 1.29 is 33.9 Å². The molecule has 0 radical (unpaired) electrons. The maximum atomic E-state index is 13.9. The summed E-state index contributed by atoms with van der Waals surface area (Å²) < 4.78 is 0. The molecular formula is C38H51N7O7. The molecule has 0 bridgehead atoms. The van der Waals surface area contributed by atoms with Gasteiger partial charge in [0.2, 0.25) is 35.4 Å². The summed E-state index contributed by atoms with van der Waals surface area (Å²) in [7, 11) is 0. The van der Waals surface area contributed by atoms with Gasteiger partial charge >= 0.3 is 0 Å². The van der Waals surface area contributed by atoms with E-state index in [4.69, 9.17) is 5.73 Å². The number of phenolic OH excluding ortho intramolecular Hbond substituents is 1. The van der Waals surface area contributed by atoms with Crippen LogP contribution in [0.3, 0.4) is 0 Å². The molecular weight excluding hydrogens is 666 g/mol. The van der Waals surface area contributed by atoms with Crippen molar-refractivity contribution in [3.63, 3.8) is 0 Å². The van der Waals surface area contributed by atoms with Gasteiger partial charge in [-0.15, -0.1) is 0 Å². The third kappa shape index (κ3) is 11.4. The van der Waals surface area contributed by atoms with E-state index in [1.165, 1.54) is 36.1 Å². The zero-order valence-corrected chi connectivity index (χ0v) is 30.0. The minimum atomic E-state index is -1.14. The standard InChI is InChI=1S/C38H51N7O7/c1-4-23(2)35-37(51)42-28(18-25-10-13-30(47)14-11-25)12-15-33(48)40-22-31(41-24(3)46)38(52)45-16-6-9-32(45)36(50)43-29(20-34(49)44-35)19-26-7-5-8-27(17-26)21-39/h5,7-8,10-15,17,23,28-29,31-32,35,47H,4,6,9,16,18-22,39H2,1-3H3,(H,40,48)(H,41,46)(H,42,51)(H,43,50)(H,44,49)/b15-12+/t23-,28+,29-,31-,32-,35+/m0/s1. The predicted octanol–water partition coefficient (Wildman–Crippen LogP) is 0.708. The van der Waals surface area contributed by atoms with Crippen LogP contribution in [-0.2, 0) is 48.2 Å². The first-order valence-electron chi connectivity index (χ1n) is 17.9. The molecule has 0 spiro atoms. The van der Waals surface area contributed by atoms with Gasteiger partial charge in [-0.1, -0.05) is 62.7 Å². The second kappa shape index (κ2) is 18.8. The number of hydrogen-bond acceptors (Lipinski definition) is 8. The van der Waals surface area contributed by atoms with Gasteiger partial charge in [-0.3, -0.25) is 28.8 Å². The van der Waals surface area contributed by atoms with Crippen molar-refractivity contribution in [3.05, 3.63) is 77.4 Å². The number of benzene rings is 2. The van der Waals surface area contributed by atoms with E-state index in [0.29, 0.717) is 25.8 Å². The molecule has 2 aromatic carbocycles. The van der Waals surface area contributed by atoms with E-state index >= 15 is 0 Å².